The van der Waals surface area contributed by atoms with Gasteiger partial charge in [0, 0.05) is 0 Å². The zero-order chi connectivity index (χ0) is 29.9. The third-order valence-electron chi connectivity index (χ3n) is 8.28. The fourth-order valence-electron chi connectivity index (χ4n) is 5.50. The predicted octanol–water partition coefficient (Wildman–Crippen LogP) is 12.1. The summed E-state index contributed by atoms with van der Waals surface area (Å²) in [6.45, 7) is 4.55. The summed E-state index contributed by atoms with van der Waals surface area (Å²) in [4.78, 5) is 23.8. The van der Waals surface area contributed by atoms with Crippen LogP contribution in [0.4, 0.5) is 0 Å². The van der Waals surface area contributed by atoms with Crippen LogP contribution >= 0.6 is 0 Å². The molecule has 0 rings (SSSR count). The minimum Gasteiger partial charge on any atom is -0.0654 e. The van der Waals surface area contributed by atoms with Crippen molar-refractivity contribution in [1.29, 1.82) is 0 Å². The molecular formula is C36H70GeO4. The van der Waals surface area contributed by atoms with E-state index >= 15 is 0 Å². The summed E-state index contributed by atoms with van der Waals surface area (Å²) in [5.41, 5.74) is 0. The maximum absolute atomic E-state index is 11.9. The molecular weight excluding hydrogens is 569 g/mol. The molecule has 0 bridgehead atoms. The van der Waals surface area contributed by atoms with E-state index in [-0.39, 0.29) is 11.9 Å². The van der Waals surface area contributed by atoms with Crippen molar-refractivity contribution in [3.63, 3.8) is 0 Å². The van der Waals surface area contributed by atoms with Gasteiger partial charge >= 0.3 is 174 Å². The molecule has 242 valence electrons. The zero-order valence-corrected chi connectivity index (χ0v) is 29.9. The van der Waals surface area contributed by atoms with E-state index in [2.05, 4.69) is 13.8 Å². The van der Waals surface area contributed by atoms with Gasteiger partial charge in [0.05, 0.1) is 0 Å². The second-order valence-electron chi connectivity index (χ2n) is 12.4. The van der Waals surface area contributed by atoms with Gasteiger partial charge in [0.2, 0.25) is 0 Å². The van der Waals surface area contributed by atoms with E-state index < -0.39 is 16.1 Å². The van der Waals surface area contributed by atoms with E-state index in [9.17, 15) is 9.59 Å². The van der Waals surface area contributed by atoms with E-state index in [0.29, 0.717) is 12.8 Å². The van der Waals surface area contributed by atoms with Crippen LogP contribution in [0.1, 0.15) is 219 Å². The molecule has 0 saturated heterocycles. The first-order chi connectivity index (χ1) is 20.2. The first kappa shape index (κ1) is 40.5. The Bertz CT molecular complexity index is 494. The van der Waals surface area contributed by atoms with Crippen molar-refractivity contribution in [3.8, 4) is 0 Å². The van der Waals surface area contributed by atoms with Gasteiger partial charge in [-0.05, 0) is 0 Å². The Labute approximate surface area is 263 Å². The summed E-state index contributed by atoms with van der Waals surface area (Å²) in [5.74, 6) is -0.390. The smallest absolute Gasteiger partial charge is 0.0654 e. The van der Waals surface area contributed by atoms with Crippen LogP contribution in [-0.2, 0) is 17.1 Å². The van der Waals surface area contributed by atoms with Crippen molar-refractivity contribution in [2.45, 2.75) is 219 Å². The van der Waals surface area contributed by atoms with Crippen molar-refractivity contribution < 1.29 is 17.1 Å². The summed E-state index contributed by atoms with van der Waals surface area (Å²) >= 11 is -1.39. The van der Waals surface area contributed by atoms with Gasteiger partial charge in [0.1, 0.15) is 0 Å². The van der Waals surface area contributed by atoms with Crippen LogP contribution in [0.25, 0.3) is 0 Å². The Morgan fingerprint density at radius 1 is 0.341 bits per heavy atom. The Morgan fingerprint density at radius 3 is 0.756 bits per heavy atom. The fourth-order valence-corrected chi connectivity index (χ4v) is 6.40. The van der Waals surface area contributed by atoms with Crippen molar-refractivity contribution in [2.24, 2.45) is 0 Å². The summed E-state index contributed by atoms with van der Waals surface area (Å²) in [6.07, 6.45) is 40.4. The summed E-state index contributed by atoms with van der Waals surface area (Å²) in [5, 5.41) is 0. The van der Waals surface area contributed by atoms with Crippen LogP contribution in [0, 0.1) is 0 Å². The van der Waals surface area contributed by atoms with Crippen LogP contribution < -0.4 is 0 Å². The second kappa shape index (κ2) is 35.7. The molecule has 0 aliphatic rings. The molecule has 0 unspecified atom stereocenters. The minimum absolute atomic E-state index is 0.195. The maximum atomic E-state index is 11.9. The topological polar surface area (TPSA) is 52.6 Å². The van der Waals surface area contributed by atoms with Crippen LogP contribution in [0.2, 0.25) is 0 Å². The third kappa shape index (κ3) is 35.6. The van der Waals surface area contributed by atoms with Gasteiger partial charge in [-0.3, -0.25) is 0 Å². The van der Waals surface area contributed by atoms with E-state index in [1.807, 2.05) is 0 Å². The molecule has 0 aliphatic heterocycles. The van der Waals surface area contributed by atoms with E-state index in [4.69, 9.17) is 7.53 Å². The molecule has 41 heavy (non-hydrogen) atoms. The Balaban J connectivity index is 3.26. The molecule has 0 aromatic carbocycles. The van der Waals surface area contributed by atoms with Crippen LogP contribution in [0.5, 0.6) is 0 Å². The van der Waals surface area contributed by atoms with Gasteiger partial charge in [0.25, 0.3) is 0 Å². The van der Waals surface area contributed by atoms with Crippen molar-refractivity contribution in [1.82, 2.24) is 0 Å². The first-order valence-electron chi connectivity index (χ1n) is 18.3. The van der Waals surface area contributed by atoms with Crippen LogP contribution in [-0.4, -0.2) is 28.0 Å². The first-order valence-corrected chi connectivity index (χ1v) is 20.1. The van der Waals surface area contributed by atoms with Crippen LogP contribution in [0.3, 0.4) is 0 Å². The SMILES string of the molecule is CCCCCCCCCCCCCCCCCC(=O)[O][Ge][O]C(=O)CCCCCCCCCCCCCCCCC. The summed E-state index contributed by atoms with van der Waals surface area (Å²) < 4.78 is 10.4. The Kier molecular flexibility index (Phi) is 35.2. The number of carbonyl (C=O) groups is 2. The molecule has 0 amide bonds. The average molecular weight is 640 g/mol. The molecule has 0 aliphatic carbocycles. The van der Waals surface area contributed by atoms with Crippen molar-refractivity contribution in [3.05, 3.63) is 0 Å². The molecule has 4 nitrogen and oxygen atoms in total. The fraction of sp³-hybridized carbons (Fsp3) is 0.944. The Morgan fingerprint density at radius 2 is 0.537 bits per heavy atom. The van der Waals surface area contributed by atoms with Gasteiger partial charge in [-0.2, -0.15) is 0 Å². The number of unbranched alkanes of at least 4 members (excludes halogenated alkanes) is 28. The summed E-state index contributed by atoms with van der Waals surface area (Å²) in [6, 6.07) is 0. The quantitative estimate of drug-likeness (QED) is 0.0519. The molecule has 0 fully saturated rings. The second-order valence-corrected chi connectivity index (χ2v) is 13.6. The number of rotatable bonds is 34. The van der Waals surface area contributed by atoms with Gasteiger partial charge in [0.15, 0.2) is 0 Å². The monoisotopic (exact) mass is 640 g/mol. The standard InChI is InChI=1S/C36H70GeO4/c1-3-5-7-9-11-13-15-17-19-21-23-25-27-29-31-33-35(38)40-37-41-36(39)34-32-30-28-26-24-22-20-18-16-14-12-10-8-6-4-2/h3-34H2,1-2H3. The van der Waals surface area contributed by atoms with Gasteiger partial charge in [-0.1, -0.05) is 90.9 Å². The van der Waals surface area contributed by atoms with Gasteiger partial charge < -0.3 is 0 Å². The van der Waals surface area contributed by atoms with E-state index in [0.717, 1.165) is 25.7 Å². The van der Waals surface area contributed by atoms with Gasteiger partial charge in [-0.25, -0.2) is 0 Å². The van der Waals surface area contributed by atoms with E-state index in [1.165, 1.54) is 167 Å². The minimum atomic E-state index is -1.39. The summed E-state index contributed by atoms with van der Waals surface area (Å²) in [7, 11) is 0. The van der Waals surface area contributed by atoms with E-state index in [1.54, 1.807) is 0 Å². The average Bonchev–Trinajstić information content (AvgIpc) is 2.97. The molecule has 0 N–H and O–H groups in total. The molecule has 0 saturated carbocycles. The Hall–Kier alpha value is -0.517. The third-order valence-corrected chi connectivity index (χ3v) is 9.58. The normalized spacial score (nSPS) is 11.2. The molecule has 5 heteroatoms. The zero-order valence-electron chi connectivity index (χ0n) is 27.8. The van der Waals surface area contributed by atoms with Gasteiger partial charge in [-0.15, -0.1) is 0 Å². The van der Waals surface area contributed by atoms with Crippen LogP contribution in [0.15, 0.2) is 0 Å². The van der Waals surface area contributed by atoms with Crippen molar-refractivity contribution >= 4 is 28.0 Å². The number of hydrogen-bond acceptors (Lipinski definition) is 4. The number of carbonyl (C=O) groups excluding carboxylic acids is 2. The molecule has 0 heterocycles. The number of hydrogen-bond donors (Lipinski definition) is 0. The molecule has 0 aromatic heterocycles. The predicted molar refractivity (Wildman–Crippen MR) is 177 cm³/mol. The molecule has 0 spiro atoms. The molecule has 0 atom stereocenters. The molecule has 0 aromatic rings. The van der Waals surface area contributed by atoms with Crippen molar-refractivity contribution in [2.75, 3.05) is 0 Å². The molecule has 2 radical (unpaired) electrons.